The maximum atomic E-state index is 13.9. The van der Waals surface area contributed by atoms with Gasteiger partial charge in [0.25, 0.3) is 0 Å². The first kappa shape index (κ1) is 45.8. The molecule has 2 aromatic heterocycles. The number of methoxy groups -OCH3 is 1. The monoisotopic (exact) mass is 864 g/mol. The van der Waals surface area contributed by atoms with Gasteiger partial charge in [-0.05, 0) is 59.4 Å². The maximum Gasteiger partial charge on any atom is 0.246 e. The number of nitrogens with one attached hydrogen (secondary N) is 2. The van der Waals surface area contributed by atoms with E-state index in [0.29, 0.717) is 32.0 Å². The van der Waals surface area contributed by atoms with Gasteiger partial charge in [-0.15, -0.1) is 11.3 Å². The highest BCUT2D eigenvalue weighted by Gasteiger charge is 2.44. The normalized spacial score (nSPS) is 15.5. The SMILES string of the molecule is COc1ccc(Cc2cc(-c3cccc(OCCOCCOCCC(=O)N[C@H](C(=O)N4C[C@H](O)C[C@H]4C(=O)NCc4ccc(-c5scnc5C)cc4)C(C)(C)C)c3)ncn2)cc1. The number of thiazole rings is 1. The Balaban J connectivity index is 0.884. The van der Waals surface area contributed by atoms with Gasteiger partial charge in [-0.25, -0.2) is 15.0 Å². The van der Waals surface area contributed by atoms with Crippen molar-refractivity contribution in [3.8, 4) is 33.2 Å². The molecule has 0 radical (unpaired) electrons. The highest BCUT2D eigenvalue weighted by molar-refractivity contribution is 7.13. The number of aryl methyl sites for hydroxylation is 1. The Labute approximate surface area is 367 Å². The molecule has 0 aliphatic carbocycles. The molecule has 1 aliphatic rings. The number of β-amino-alcohol motifs (C(OH)–C–C–N with tert-alkyl or cyclic N) is 1. The smallest absolute Gasteiger partial charge is 0.246 e. The van der Waals surface area contributed by atoms with Gasteiger partial charge in [0.15, 0.2) is 0 Å². The zero-order chi connectivity index (χ0) is 44.1. The minimum atomic E-state index is -0.925. The first-order valence-corrected chi connectivity index (χ1v) is 21.6. The zero-order valence-electron chi connectivity index (χ0n) is 36.0. The quantitative estimate of drug-likeness (QED) is 0.0809. The van der Waals surface area contributed by atoms with Gasteiger partial charge in [-0.3, -0.25) is 14.4 Å². The van der Waals surface area contributed by atoms with Crippen LogP contribution in [0, 0.1) is 12.3 Å². The van der Waals surface area contributed by atoms with Crippen LogP contribution in [0.1, 0.15) is 56.1 Å². The summed E-state index contributed by atoms with van der Waals surface area (Å²) in [5.41, 5.74) is 7.80. The second-order valence-electron chi connectivity index (χ2n) is 16.2. The van der Waals surface area contributed by atoms with Crippen molar-refractivity contribution in [2.45, 2.75) is 71.7 Å². The maximum absolute atomic E-state index is 13.9. The Morgan fingerprint density at radius 1 is 0.871 bits per heavy atom. The van der Waals surface area contributed by atoms with Gasteiger partial charge in [-0.2, -0.15) is 0 Å². The van der Waals surface area contributed by atoms with Gasteiger partial charge in [0.2, 0.25) is 17.7 Å². The summed E-state index contributed by atoms with van der Waals surface area (Å²) in [6.45, 7) is 9.17. The third-order valence-corrected chi connectivity index (χ3v) is 11.4. The van der Waals surface area contributed by atoms with Crippen LogP contribution in [0.5, 0.6) is 11.5 Å². The van der Waals surface area contributed by atoms with E-state index in [1.807, 2.05) is 112 Å². The molecule has 5 aromatic rings. The summed E-state index contributed by atoms with van der Waals surface area (Å²) in [7, 11) is 1.65. The molecular formula is C47H56N6O8S. The summed E-state index contributed by atoms with van der Waals surface area (Å²) in [6.07, 6.45) is 1.52. The van der Waals surface area contributed by atoms with Crippen molar-refractivity contribution in [2.75, 3.05) is 46.7 Å². The summed E-state index contributed by atoms with van der Waals surface area (Å²) in [4.78, 5) is 56.1. The lowest BCUT2D eigenvalue weighted by Gasteiger charge is -2.35. The molecule has 1 saturated heterocycles. The van der Waals surface area contributed by atoms with Gasteiger partial charge in [-0.1, -0.05) is 69.3 Å². The van der Waals surface area contributed by atoms with Gasteiger partial charge in [0, 0.05) is 43.6 Å². The standard InChI is InChI=1S/C47H56N6O8S/c1-31-43(62-30-51-31)34-13-9-33(10-14-34)27-48-45(56)41-26-37(54)28-53(41)46(57)44(47(2,3)4)52-42(55)17-18-59-19-20-60-21-22-61-39-8-6-7-35(24-39)40-25-36(49-29-50-40)23-32-11-15-38(58-5)16-12-32/h6-16,24-25,29-30,37,41,44,54H,17-23,26-28H2,1-5H3,(H,48,56)(H,52,55)/t37-,41+,44-/m1/s1. The van der Waals surface area contributed by atoms with Crippen molar-refractivity contribution in [1.82, 2.24) is 30.5 Å². The highest BCUT2D eigenvalue weighted by atomic mass is 32.1. The van der Waals surface area contributed by atoms with Crippen molar-refractivity contribution in [2.24, 2.45) is 5.41 Å². The molecule has 3 amide bonds. The number of hydrogen-bond donors (Lipinski definition) is 3. The molecule has 3 heterocycles. The van der Waals surface area contributed by atoms with Crippen LogP contribution in [0.4, 0.5) is 0 Å². The molecule has 3 atom stereocenters. The Morgan fingerprint density at radius 3 is 2.31 bits per heavy atom. The predicted octanol–water partition coefficient (Wildman–Crippen LogP) is 5.79. The van der Waals surface area contributed by atoms with E-state index in [2.05, 4.69) is 25.6 Å². The molecule has 6 rings (SSSR count). The molecule has 3 aromatic carbocycles. The van der Waals surface area contributed by atoms with Crippen LogP contribution in [0.3, 0.4) is 0 Å². The molecule has 14 nitrogen and oxygen atoms in total. The van der Waals surface area contributed by atoms with Crippen molar-refractivity contribution >= 4 is 29.1 Å². The minimum absolute atomic E-state index is 0.000680. The van der Waals surface area contributed by atoms with Crippen LogP contribution in [-0.4, -0.2) is 108 Å². The molecule has 1 aliphatic heterocycles. The number of aliphatic hydroxyl groups is 1. The fourth-order valence-corrected chi connectivity index (χ4v) is 7.88. The number of nitrogens with zero attached hydrogens (tertiary/aromatic N) is 4. The average Bonchev–Trinajstić information content (AvgIpc) is 3.89. The molecule has 15 heteroatoms. The number of carbonyl (C=O) groups is 3. The Hall–Kier alpha value is -5.74. The second kappa shape index (κ2) is 21.9. The third kappa shape index (κ3) is 12.9. The Bertz CT molecular complexity index is 2240. The van der Waals surface area contributed by atoms with Crippen LogP contribution < -0.4 is 20.1 Å². The highest BCUT2D eigenvalue weighted by Crippen LogP contribution is 2.29. The van der Waals surface area contributed by atoms with E-state index in [-0.39, 0.29) is 51.0 Å². The molecule has 3 N–H and O–H groups in total. The lowest BCUT2D eigenvalue weighted by molar-refractivity contribution is -0.144. The van der Waals surface area contributed by atoms with Crippen LogP contribution in [-0.2, 0) is 36.8 Å². The van der Waals surface area contributed by atoms with Crippen molar-refractivity contribution in [1.29, 1.82) is 0 Å². The van der Waals surface area contributed by atoms with E-state index in [1.54, 1.807) is 24.8 Å². The van der Waals surface area contributed by atoms with Crippen LogP contribution in [0.15, 0.2) is 90.7 Å². The third-order valence-electron chi connectivity index (χ3n) is 10.5. The lowest BCUT2D eigenvalue weighted by Crippen LogP contribution is -2.57. The molecule has 0 spiro atoms. The average molecular weight is 865 g/mol. The molecule has 1 fully saturated rings. The van der Waals surface area contributed by atoms with E-state index in [1.165, 1.54) is 4.90 Å². The number of likely N-dealkylation sites (tertiary alicyclic amines) is 1. The van der Waals surface area contributed by atoms with Crippen molar-refractivity contribution in [3.05, 3.63) is 113 Å². The molecule has 0 bridgehead atoms. The first-order valence-electron chi connectivity index (χ1n) is 20.8. The molecule has 0 unspecified atom stereocenters. The summed E-state index contributed by atoms with van der Waals surface area (Å²) >= 11 is 1.58. The van der Waals surface area contributed by atoms with Gasteiger partial charge in [0.05, 0.1) is 61.4 Å². The summed E-state index contributed by atoms with van der Waals surface area (Å²) < 4.78 is 22.5. The van der Waals surface area contributed by atoms with E-state index in [0.717, 1.165) is 50.0 Å². The van der Waals surface area contributed by atoms with E-state index < -0.39 is 29.5 Å². The Morgan fingerprint density at radius 2 is 1.60 bits per heavy atom. The number of hydrogen-bond acceptors (Lipinski definition) is 12. The number of rotatable bonds is 20. The molecule has 328 valence electrons. The number of amides is 3. The van der Waals surface area contributed by atoms with Crippen LogP contribution >= 0.6 is 11.3 Å². The number of aromatic nitrogens is 3. The van der Waals surface area contributed by atoms with E-state index in [9.17, 15) is 19.5 Å². The van der Waals surface area contributed by atoms with Crippen molar-refractivity contribution in [3.63, 3.8) is 0 Å². The minimum Gasteiger partial charge on any atom is -0.497 e. The van der Waals surface area contributed by atoms with E-state index >= 15 is 0 Å². The van der Waals surface area contributed by atoms with Gasteiger partial charge < -0.3 is 39.6 Å². The molecular weight excluding hydrogens is 809 g/mol. The van der Waals surface area contributed by atoms with Crippen LogP contribution in [0.2, 0.25) is 0 Å². The number of benzene rings is 3. The van der Waals surface area contributed by atoms with Gasteiger partial charge >= 0.3 is 0 Å². The summed E-state index contributed by atoms with van der Waals surface area (Å²) in [6, 6.07) is 23.7. The lowest BCUT2D eigenvalue weighted by atomic mass is 9.85. The summed E-state index contributed by atoms with van der Waals surface area (Å²) in [5.74, 6) is 0.366. The van der Waals surface area contributed by atoms with Crippen molar-refractivity contribution < 1.29 is 38.4 Å². The van der Waals surface area contributed by atoms with E-state index in [4.69, 9.17) is 18.9 Å². The number of carbonyl (C=O) groups excluding carboxylic acids is 3. The first-order chi connectivity index (χ1) is 29.9. The fourth-order valence-electron chi connectivity index (χ4n) is 7.07. The van der Waals surface area contributed by atoms with Gasteiger partial charge in [0.1, 0.15) is 36.5 Å². The second-order valence-corrected chi connectivity index (χ2v) is 17.1. The molecule has 0 saturated carbocycles. The zero-order valence-corrected chi connectivity index (χ0v) is 36.8. The number of aliphatic hydroxyl groups excluding tert-OH is 1. The topological polar surface area (TPSA) is 174 Å². The summed E-state index contributed by atoms with van der Waals surface area (Å²) in [5, 5.41) is 16.3. The largest absolute Gasteiger partial charge is 0.497 e. The fraction of sp³-hybridized carbons (Fsp3) is 0.404. The van der Waals surface area contributed by atoms with Crippen LogP contribution in [0.25, 0.3) is 21.7 Å². The predicted molar refractivity (Wildman–Crippen MR) is 237 cm³/mol. The number of ether oxygens (including phenoxy) is 4. The Kier molecular flexibility index (Phi) is 16.1. The molecule has 62 heavy (non-hydrogen) atoms.